The number of unbranched alkanes of at least 4 members (excludes halogenated alkanes) is 26. The summed E-state index contributed by atoms with van der Waals surface area (Å²) in [4.78, 5) is 27.9. The first kappa shape index (κ1) is 79.3. The first-order chi connectivity index (χ1) is 47.1. The molecular formula is C90H160O6. The molecule has 0 aliphatic heterocycles. The Balaban J connectivity index is 0.000000226. The second-order valence-corrected chi connectivity index (χ2v) is 36.3. The van der Waals surface area contributed by atoms with Crippen molar-refractivity contribution in [2.45, 2.75) is 463 Å². The van der Waals surface area contributed by atoms with Gasteiger partial charge in [0, 0.05) is 48.1 Å². The topological polar surface area (TPSA) is 71.1 Å². The van der Waals surface area contributed by atoms with Crippen molar-refractivity contribution in [3.8, 4) is 0 Å². The summed E-state index contributed by atoms with van der Waals surface area (Å²) in [6, 6.07) is 0. The smallest absolute Gasteiger partial charge is 0.145 e. The summed E-state index contributed by atoms with van der Waals surface area (Å²) < 4.78 is 25.3. The summed E-state index contributed by atoms with van der Waals surface area (Å²) in [5.74, 6) is 8.53. The van der Waals surface area contributed by atoms with Gasteiger partial charge < -0.3 is 18.9 Å². The third-order valence-electron chi connectivity index (χ3n) is 29.7. The Kier molecular flexibility index (Phi) is 35.9. The standard InChI is InChI=1S/C46H82O3.C44H78O3/c1-3-5-7-9-11-13-15-17-35-48-42-23-19-38(20-24-42)40-27-31-45(32-28-40)37-46(44(45)47)33-29-41(30-34-46)39-21-25-43(26-22-39)49-36-18-16-14-12-10-8-6-4-2;1-3-5-7-9-11-13-15-33-46-40-21-17-36(18-22-40)38-25-29-43(30-26-38)35-44(42(43)45)31-27-39(28-32-44)37-19-23-41(24-20-37)47-34-16-14-12-10-8-6-4-2/h38-43H,3-37H2,1-2H3;36-41H,3-35H2,1-2H3. The van der Waals surface area contributed by atoms with Crippen LogP contribution in [-0.2, 0) is 28.5 Å². The van der Waals surface area contributed by atoms with Gasteiger partial charge in [-0.1, -0.05) is 195 Å². The molecule has 0 bridgehead atoms. The van der Waals surface area contributed by atoms with E-state index in [1.165, 1.54) is 411 Å². The van der Waals surface area contributed by atoms with Gasteiger partial charge in [0.15, 0.2) is 0 Å². The zero-order valence-corrected chi connectivity index (χ0v) is 64.5. The molecule has 10 saturated carbocycles. The minimum Gasteiger partial charge on any atom is -0.378 e. The van der Waals surface area contributed by atoms with Crippen LogP contribution < -0.4 is 0 Å². The molecule has 0 heterocycles. The lowest BCUT2D eigenvalue weighted by molar-refractivity contribution is -0.171. The fraction of sp³-hybridized carbons (Fsp3) is 0.978. The molecule has 0 aromatic rings. The number of rotatable bonds is 42. The second-order valence-electron chi connectivity index (χ2n) is 36.3. The summed E-state index contributed by atoms with van der Waals surface area (Å²) in [5.41, 5.74) is 0.352. The fourth-order valence-electron chi connectivity index (χ4n) is 23.3. The van der Waals surface area contributed by atoms with Crippen LogP contribution in [0.5, 0.6) is 0 Å². The Morgan fingerprint density at radius 3 is 0.542 bits per heavy atom. The third kappa shape index (κ3) is 24.1. The monoisotopic (exact) mass is 1340 g/mol. The third-order valence-corrected chi connectivity index (χ3v) is 29.7. The van der Waals surface area contributed by atoms with Gasteiger partial charge in [0.05, 0.1) is 24.4 Å². The summed E-state index contributed by atoms with van der Waals surface area (Å²) in [6.45, 7) is 13.1. The number of hydrogen-bond donors (Lipinski definition) is 0. The van der Waals surface area contributed by atoms with Gasteiger partial charge in [0.2, 0.25) is 0 Å². The van der Waals surface area contributed by atoms with Gasteiger partial charge >= 0.3 is 0 Å². The normalized spacial score (nSPS) is 35.7. The average molecular weight is 1340 g/mol. The number of carbonyl (C=O) groups is 2. The van der Waals surface area contributed by atoms with Crippen LogP contribution in [0.1, 0.15) is 439 Å². The van der Waals surface area contributed by atoms with Gasteiger partial charge in [-0.05, 0) is 291 Å². The van der Waals surface area contributed by atoms with Gasteiger partial charge in [-0.15, -0.1) is 0 Å². The van der Waals surface area contributed by atoms with E-state index in [-0.39, 0.29) is 21.7 Å². The van der Waals surface area contributed by atoms with Gasteiger partial charge in [-0.25, -0.2) is 0 Å². The molecule has 10 aliphatic rings. The molecule has 96 heavy (non-hydrogen) atoms. The highest BCUT2D eigenvalue weighted by molar-refractivity contribution is 5.97. The van der Waals surface area contributed by atoms with E-state index < -0.39 is 0 Å². The zero-order chi connectivity index (χ0) is 67.0. The van der Waals surface area contributed by atoms with E-state index in [4.69, 9.17) is 18.9 Å². The molecule has 0 atom stereocenters. The van der Waals surface area contributed by atoms with Crippen molar-refractivity contribution in [3.63, 3.8) is 0 Å². The lowest BCUT2D eigenvalue weighted by atomic mass is 9.42. The van der Waals surface area contributed by atoms with Crippen LogP contribution in [0, 0.1) is 69.0 Å². The number of ether oxygens (including phenoxy) is 4. The molecule has 556 valence electrons. The molecule has 0 amide bonds. The van der Waals surface area contributed by atoms with Crippen LogP contribution in [-0.4, -0.2) is 62.4 Å². The molecule has 10 aliphatic carbocycles. The first-order valence-electron chi connectivity index (χ1n) is 44.7. The average Bonchev–Trinajstić information content (AvgIpc) is 0.720. The van der Waals surface area contributed by atoms with E-state index in [0.717, 1.165) is 85.3 Å². The number of ketones is 2. The van der Waals surface area contributed by atoms with E-state index in [0.29, 0.717) is 24.4 Å². The summed E-state index contributed by atoms with van der Waals surface area (Å²) in [6.07, 6.45) is 87.1. The molecule has 10 rings (SSSR count). The molecular weight excluding hydrogens is 1180 g/mol. The van der Waals surface area contributed by atoms with Crippen LogP contribution >= 0.6 is 0 Å². The van der Waals surface area contributed by atoms with Crippen molar-refractivity contribution >= 4 is 11.6 Å². The molecule has 4 spiro atoms. The molecule has 0 unspecified atom stereocenters. The second kappa shape index (κ2) is 43.5. The van der Waals surface area contributed by atoms with Crippen LogP contribution in [0.25, 0.3) is 0 Å². The minimum absolute atomic E-state index is 0.0874. The summed E-state index contributed by atoms with van der Waals surface area (Å²) in [7, 11) is 0. The maximum Gasteiger partial charge on any atom is 0.145 e. The summed E-state index contributed by atoms with van der Waals surface area (Å²) in [5, 5.41) is 0. The van der Waals surface area contributed by atoms with E-state index >= 15 is 0 Å². The minimum atomic E-state index is 0.0874. The maximum absolute atomic E-state index is 14.0. The Labute approximate surface area is 595 Å². The van der Waals surface area contributed by atoms with E-state index in [1.807, 2.05) is 0 Å². The van der Waals surface area contributed by atoms with Crippen molar-refractivity contribution in [2.75, 3.05) is 26.4 Å². The van der Waals surface area contributed by atoms with Crippen molar-refractivity contribution in [1.29, 1.82) is 0 Å². The summed E-state index contributed by atoms with van der Waals surface area (Å²) >= 11 is 0. The number of Topliss-reactive ketones (excluding diaryl/α,β-unsaturated/α-hetero) is 2. The highest BCUT2D eigenvalue weighted by Gasteiger charge is 2.65. The lowest BCUT2D eigenvalue weighted by Gasteiger charge is -2.60. The highest BCUT2D eigenvalue weighted by atomic mass is 16.5. The first-order valence-corrected chi connectivity index (χ1v) is 44.7. The quantitative estimate of drug-likeness (QED) is 0.0567. The lowest BCUT2D eigenvalue weighted by Crippen LogP contribution is -2.60. The molecule has 0 radical (unpaired) electrons. The predicted octanol–water partition coefficient (Wildman–Crippen LogP) is 26.7. The zero-order valence-electron chi connectivity index (χ0n) is 64.5. The van der Waals surface area contributed by atoms with Gasteiger partial charge in [-0.2, -0.15) is 0 Å². The van der Waals surface area contributed by atoms with E-state index in [1.54, 1.807) is 0 Å². The highest BCUT2D eigenvalue weighted by Crippen LogP contribution is 2.67. The molecule has 6 nitrogen and oxygen atoms in total. The molecule has 0 N–H and O–H groups in total. The molecule has 6 heteroatoms. The molecule has 10 fully saturated rings. The van der Waals surface area contributed by atoms with Gasteiger partial charge in [0.1, 0.15) is 11.6 Å². The number of hydrogen-bond acceptors (Lipinski definition) is 6. The predicted molar refractivity (Wildman–Crippen MR) is 405 cm³/mol. The maximum atomic E-state index is 14.0. The SMILES string of the molecule is CCCCCCCCCCOC1CCC(C2CCC3(CC2)CC2(CCC(C4CCC(OCCCCCCCCCC)CC4)CC2)C3=O)CC1.CCCCCCCCCOC1CCC(C2CCC3(CC2)CC2(CCC(C4CCC(OCCCCCCCCC)CC4)CC2)C3=O)CC1. The van der Waals surface area contributed by atoms with Crippen molar-refractivity contribution in [1.82, 2.24) is 0 Å². The number of carbonyl (C=O) groups excluding carboxylic acids is 2. The Morgan fingerprint density at radius 1 is 0.219 bits per heavy atom. The largest absolute Gasteiger partial charge is 0.378 e. The van der Waals surface area contributed by atoms with Crippen LogP contribution in [0.4, 0.5) is 0 Å². The van der Waals surface area contributed by atoms with E-state index in [9.17, 15) is 9.59 Å². The molecule has 0 aromatic carbocycles. The van der Waals surface area contributed by atoms with Crippen molar-refractivity contribution in [3.05, 3.63) is 0 Å². The van der Waals surface area contributed by atoms with Gasteiger partial charge in [-0.3, -0.25) is 9.59 Å². The fourth-order valence-corrected chi connectivity index (χ4v) is 23.3. The van der Waals surface area contributed by atoms with Crippen molar-refractivity contribution in [2.24, 2.45) is 69.0 Å². The van der Waals surface area contributed by atoms with Crippen LogP contribution in [0.3, 0.4) is 0 Å². The van der Waals surface area contributed by atoms with Gasteiger partial charge in [0.25, 0.3) is 0 Å². The van der Waals surface area contributed by atoms with Crippen LogP contribution in [0.2, 0.25) is 0 Å². The van der Waals surface area contributed by atoms with E-state index in [2.05, 4.69) is 27.7 Å². The Bertz CT molecular complexity index is 1880. The van der Waals surface area contributed by atoms with Crippen molar-refractivity contribution < 1.29 is 28.5 Å². The Morgan fingerprint density at radius 2 is 0.375 bits per heavy atom. The van der Waals surface area contributed by atoms with Crippen LogP contribution in [0.15, 0.2) is 0 Å². The Hall–Kier alpha value is -0.820. The molecule has 0 aromatic heterocycles. The molecule has 0 saturated heterocycles.